The van der Waals surface area contributed by atoms with Gasteiger partial charge in [-0.25, -0.2) is 9.97 Å². The van der Waals surface area contributed by atoms with Gasteiger partial charge in [-0.15, -0.1) is 0 Å². The average molecular weight is 476 g/mol. The first kappa shape index (κ1) is 20.1. The van der Waals surface area contributed by atoms with Crippen LogP contribution in [0.1, 0.15) is 22.8 Å². The molecular weight excluding hydrogens is 454 g/mol. The molecule has 2 aromatic carbocycles. The van der Waals surface area contributed by atoms with E-state index in [0.29, 0.717) is 0 Å². The van der Waals surface area contributed by atoms with Gasteiger partial charge >= 0.3 is 0 Å². The number of nitrogens with one attached hydrogen (secondary N) is 3. The standard InChI is InChI=1S/C32H21N5/c1-5-21-6-2-19(1)31-27-13-9-23(34-27)17-25-11-15-29(36-25)32(20-3-7-22(33-21)8-4-20)30-16-12-26(37-30)18-24-10-14-28(31)35-24/h1-18,33-34,37H. The minimum atomic E-state index is 0.908. The minimum Gasteiger partial charge on any atom is -0.356 e. The second kappa shape index (κ2) is 7.67. The van der Waals surface area contributed by atoms with Crippen LogP contribution in [0.25, 0.3) is 68.6 Å². The topological polar surface area (TPSA) is 69.4 Å². The first-order valence-corrected chi connectivity index (χ1v) is 12.3. The second-order valence-electron chi connectivity index (χ2n) is 9.48. The molecule has 0 atom stereocenters. The lowest BCUT2D eigenvalue weighted by atomic mass is 10.0. The average Bonchev–Trinajstić information content (AvgIpc) is 3.72. The predicted molar refractivity (Wildman–Crippen MR) is 153 cm³/mol. The molecule has 14 bridgehead atoms. The van der Waals surface area contributed by atoms with Crippen molar-refractivity contribution in [1.82, 2.24) is 19.9 Å². The molecule has 37 heavy (non-hydrogen) atoms. The van der Waals surface area contributed by atoms with Crippen molar-refractivity contribution in [1.29, 1.82) is 0 Å². The van der Waals surface area contributed by atoms with Gasteiger partial charge in [0.2, 0.25) is 0 Å². The van der Waals surface area contributed by atoms with Gasteiger partial charge in [-0.2, -0.15) is 0 Å². The maximum atomic E-state index is 5.01. The molecule has 0 saturated carbocycles. The summed E-state index contributed by atoms with van der Waals surface area (Å²) in [6, 6.07) is 29.7. The van der Waals surface area contributed by atoms with Crippen LogP contribution in [0.5, 0.6) is 0 Å². The Morgan fingerprint density at radius 2 is 0.919 bits per heavy atom. The van der Waals surface area contributed by atoms with Gasteiger partial charge in [0.05, 0.1) is 22.8 Å². The highest BCUT2D eigenvalue weighted by Crippen LogP contribution is 2.34. The van der Waals surface area contributed by atoms with Gasteiger partial charge in [0.15, 0.2) is 0 Å². The molecule has 0 spiro atoms. The number of aromatic nitrogens is 4. The van der Waals surface area contributed by atoms with E-state index in [2.05, 4.69) is 125 Å². The van der Waals surface area contributed by atoms with Crippen LogP contribution in [0.3, 0.4) is 0 Å². The van der Waals surface area contributed by atoms with Crippen LogP contribution in [0.2, 0.25) is 0 Å². The van der Waals surface area contributed by atoms with Gasteiger partial charge in [-0.1, -0.05) is 24.3 Å². The second-order valence-corrected chi connectivity index (χ2v) is 9.48. The van der Waals surface area contributed by atoms with Crippen LogP contribution in [-0.4, -0.2) is 19.9 Å². The largest absolute Gasteiger partial charge is 0.356 e. The van der Waals surface area contributed by atoms with Gasteiger partial charge in [-0.3, -0.25) is 0 Å². The first-order valence-electron chi connectivity index (χ1n) is 12.3. The van der Waals surface area contributed by atoms with Crippen LogP contribution >= 0.6 is 0 Å². The lowest BCUT2D eigenvalue weighted by molar-refractivity contribution is 1.31. The summed E-state index contributed by atoms with van der Waals surface area (Å²) in [6.07, 6.45) is 8.33. The lowest BCUT2D eigenvalue weighted by Gasteiger charge is -2.10. The molecule has 8 aliphatic rings. The summed E-state index contributed by atoms with van der Waals surface area (Å²) < 4.78 is 0. The van der Waals surface area contributed by atoms with E-state index in [9.17, 15) is 0 Å². The maximum absolute atomic E-state index is 5.01. The SMILES string of the molecule is C1=Cc2nc1cc1ccc([nH]1)c1c3nc(cc4ccc([nH]4)c2-c2ccc(cc2)Nc2ccc-1cc2)C=C3. The molecule has 0 radical (unpaired) electrons. The monoisotopic (exact) mass is 475 g/mol. The number of hydrogen-bond acceptors (Lipinski definition) is 3. The summed E-state index contributed by atoms with van der Waals surface area (Å²) in [6.45, 7) is 0. The fraction of sp³-hybridized carbons (Fsp3) is 0. The molecule has 8 aliphatic heterocycles. The van der Waals surface area contributed by atoms with Crippen LogP contribution in [0.15, 0.2) is 84.9 Å². The number of benzene rings is 2. The van der Waals surface area contributed by atoms with Crippen molar-refractivity contribution < 1.29 is 0 Å². The van der Waals surface area contributed by atoms with Crippen molar-refractivity contribution in [3.63, 3.8) is 0 Å². The Bertz CT molecular complexity index is 1790. The number of aromatic amines is 2. The van der Waals surface area contributed by atoms with Gasteiger partial charge < -0.3 is 15.3 Å². The predicted octanol–water partition coefficient (Wildman–Crippen LogP) is 8.05. The molecule has 13 rings (SSSR count). The van der Waals surface area contributed by atoms with E-state index < -0.39 is 0 Å². The molecule has 5 aromatic rings. The van der Waals surface area contributed by atoms with Crippen molar-refractivity contribution in [3.05, 3.63) is 108 Å². The fourth-order valence-electron chi connectivity index (χ4n) is 5.29. The molecule has 0 unspecified atom stereocenters. The van der Waals surface area contributed by atoms with Gasteiger partial charge in [0.1, 0.15) is 0 Å². The lowest BCUT2D eigenvalue weighted by Crippen LogP contribution is -1.92. The van der Waals surface area contributed by atoms with Crippen molar-refractivity contribution >= 4 is 57.7 Å². The Kier molecular flexibility index (Phi) is 4.16. The van der Waals surface area contributed by atoms with Crippen molar-refractivity contribution in [2.45, 2.75) is 0 Å². The smallest absolute Gasteiger partial charge is 0.0736 e. The molecule has 11 heterocycles. The van der Waals surface area contributed by atoms with Crippen LogP contribution < -0.4 is 5.32 Å². The third-order valence-corrected chi connectivity index (χ3v) is 7.03. The van der Waals surface area contributed by atoms with E-state index in [0.717, 1.165) is 78.5 Å². The van der Waals surface area contributed by atoms with Crippen LogP contribution in [-0.2, 0) is 0 Å². The van der Waals surface area contributed by atoms with Crippen LogP contribution in [0.4, 0.5) is 11.4 Å². The number of H-pyrrole nitrogens is 2. The number of rotatable bonds is 0. The van der Waals surface area contributed by atoms with E-state index in [-0.39, 0.29) is 0 Å². The van der Waals surface area contributed by atoms with Gasteiger partial charge in [-0.05, 0) is 96.1 Å². The summed E-state index contributed by atoms with van der Waals surface area (Å²) in [4.78, 5) is 17.2. The van der Waals surface area contributed by atoms with Crippen molar-refractivity contribution in [2.75, 3.05) is 5.32 Å². The van der Waals surface area contributed by atoms with Crippen molar-refractivity contribution in [3.8, 4) is 22.3 Å². The van der Waals surface area contributed by atoms with E-state index in [4.69, 9.17) is 9.97 Å². The zero-order valence-electron chi connectivity index (χ0n) is 19.8. The highest BCUT2D eigenvalue weighted by atomic mass is 14.9. The summed E-state index contributed by atoms with van der Waals surface area (Å²) in [5.41, 5.74) is 14.1. The van der Waals surface area contributed by atoms with E-state index in [1.807, 2.05) is 0 Å². The normalized spacial score (nSPS) is 12.9. The summed E-state index contributed by atoms with van der Waals surface area (Å²) in [5.74, 6) is 0. The highest BCUT2D eigenvalue weighted by Gasteiger charge is 2.14. The molecule has 174 valence electrons. The molecule has 3 N–H and O–H groups in total. The zero-order valence-corrected chi connectivity index (χ0v) is 19.8. The molecular formula is C32H21N5. The maximum Gasteiger partial charge on any atom is 0.0736 e. The molecule has 0 aliphatic carbocycles. The summed E-state index contributed by atoms with van der Waals surface area (Å²) >= 11 is 0. The van der Waals surface area contributed by atoms with Crippen molar-refractivity contribution in [2.24, 2.45) is 0 Å². The third-order valence-electron chi connectivity index (χ3n) is 7.03. The van der Waals surface area contributed by atoms with E-state index in [1.165, 1.54) is 0 Å². The summed E-state index contributed by atoms with van der Waals surface area (Å²) in [5, 5.41) is 3.54. The molecule has 0 saturated heterocycles. The van der Waals surface area contributed by atoms with E-state index >= 15 is 0 Å². The third kappa shape index (κ3) is 3.40. The number of anilines is 2. The molecule has 5 nitrogen and oxygen atoms in total. The Morgan fingerprint density at radius 3 is 1.38 bits per heavy atom. The van der Waals surface area contributed by atoms with E-state index in [1.54, 1.807) is 0 Å². The molecule has 0 fully saturated rings. The molecule has 0 amide bonds. The zero-order chi connectivity index (χ0) is 24.3. The number of nitrogens with zero attached hydrogens (tertiary/aromatic N) is 2. The highest BCUT2D eigenvalue weighted by molar-refractivity contribution is 5.93. The number of hydrogen-bond donors (Lipinski definition) is 3. The quantitative estimate of drug-likeness (QED) is 0.208. The van der Waals surface area contributed by atoms with Crippen LogP contribution in [0, 0.1) is 0 Å². The Balaban J connectivity index is 1.59. The Labute approximate surface area is 212 Å². The molecule has 5 heteroatoms. The first-order chi connectivity index (χ1) is 18.2. The Hall–Kier alpha value is -5.16. The fourth-order valence-corrected chi connectivity index (χ4v) is 5.29. The minimum absolute atomic E-state index is 0.908. The van der Waals surface area contributed by atoms with Gasteiger partial charge in [0.25, 0.3) is 0 Å². The molecule has 3 aromatic heterocycles. The van der Waals surface area contributed by atoms with Gasteiger partial charge in [0, 0.05) is 44.6 Å². The summed E-state index contributed by atoms with van der Waals surface area (Å²) in [7, 11) is 0. The Morgan fingerprint density at radius 1 is 0.459 bits per heavy atom.